The number of fused-ring (bicyclic) bond motifs is 1. The van der Waals surface area contributed by atoms with Crippen LogP contribution in [0.15, 0.2) is 58.5 Å². The van der Waals surface area contributed by atoms with E-state index in [-0.39, 0.29) is 45.8 Å². The van der Waals surface area contributed by atoms with Crippen LogP contribution in [-0.2, 0) is 9.59 Å². The Hall–Kier alpha value is -4.64. The Balaban J connectivity index is 1.48. The van der Waals surface area contributed by atoms with Crippen molar-refractivity contribution in [2.75, 3.05) is 11.7 Å². The average molecular weight is 482 g/mol. The maximum atomic E-state index is 13.1. The lowest BCUT2D eigenvalue weighted by Gasteiger charge is -2.26. The van der Waals surface area contributed by atoms with Crippen LogP contribution in [0.25, 0.3) is 17.4 Å². The lowest BCUT2D eigenvalue weighted by Crippen LogP contribution is -2.54. The maximum absolute atomic E-state index is 13.1. The largest absolute Gasteiger partial charge is 0.457 e. The van der Waals surface area contributed by atoms with Crippen LogP contribution in [0.2, 0.25) is 5.02 Å². The number of barbiturate groups is 1. The van der Waals surface area contributed by atoms with Crippen LogP contribution in [0.1, 0.15) is 5.76 Å². The van der Waals surface area contributed by atoms with Gasteiger partial charge in [-0.2, -0.15) is 0 Å². The molecular weight excluding hydrogens is 470 g/mol. The van der Waals surface area contributed by atoms with Crippen molar-refractivity contribution in [2.45, 2.75) is 0 Å². The van der Waals surface area contributed by atoms with E-state index in [4.69, 9.17) is 25.5 Å². The molecule has 0 unspecified atom stereocenters. The molecule has 0 saturated carbocycles. The van der Waals surface area contributed by atoms with Crippen molar-refractivity contribution < 1.29 is 33.2 Å². The quantitative estimate of drug-likeness (QED) is 0.256. The molecule has 1 aromatic heterocycles. The minimum Gasteiger partial charge on any atom is -0.457 e. The Morgan fingerprint density at radius 1 is 1.03 bits per heavy atom. The van der Waals surface area contributed by atoms with E-state index in [1.165, 1.54) is 48.5 Å². The molecule has 12 heteroatoms. The zero-order valence-electron chi connectivity index (χ0n) is 16.9. The van der Waals surface area contributed by atoms with Gasteiger partial charge in [-0.05, 0) is 36.4 Å². The molecule has 5 rings (SSSR count). The van der Waals surface area contributed by atoms with Crippen LogP contribution >= 0.6 is 11.6 Å². The van der Waals surface area contributed by atoms with Gasteiger partial charge in [0.25, 0.3) is 17.5 Å². The van der Waals surface area contributed by atoms with E-state index in [0.29, 0.717) is 11.5 Å². The molecule has 11 nitrogen and oxygen atoms in total. The summed E-state index contributed by atoms with van der Waals surface area (Å²) >= 11 is 6.15. The van der Waals surface area contributed by atoms with Crippen molar-refractivity contribution >= 4 is 46.9 Å². The molecule has 0 atom stereocenters. The van der Waals surface area contributed by atoms with Gasteiger partial charge >= 0.3 is 6.03 Å². The molecule has 34 heavy (non-hydrogen) atoms. The van der Waals surface area contributed by atoms with Crippen LogP contribution in [0, 0.1) is 10.1 Å². The predicted molar refractivity (Wildman–Crippen MR) is 117 cm³/mol. The first kappa shape index (κ1) is 21.2. The summed E-state index contributed by atoms with van der Waals surface area (Å²) in [6, 6.07) is 10.4. The number of carbonyl (C=O) groups excluding carboxylic acids is 3. The van der Waals surface area contributed by atoms with E-state index in [2.05, 4.69) is 5.32 Å². The van der Waals surface area contributed by atoms with Gasteiger partial charge in [0, 0.05) is 23.8 Å². The molecule has 3 aromatic rings. The van der Waals surface area contributed by atoms with Gasteiger partial charge < -0.3 is 13.9 Å². The van der Waals surface area contributed by atoms with Crippen LogP contribution in [0.3, 0.4) is 0 Å². The van der Waals surface area contributed by atoms with E-state index in [9.17, 15) is 24.5 Å². The molecule has 1 saturated heterocycles. The first-order valence-corrected chi connectivity index (χ1v) is 10.0. The highest BCUT2D eigenvalue weighted by Gasteiger charge is 2.37. The summed E-state index contributed by atoms with van der Waals surface area (Å²) in [6.07, 6.45) is 1.17. The topological polar surface area (TPSA) is 141 Å². The molecule has 170 valence electrons. The van der Waals surface area contributed by atoms with Crippen LogP contribution in [0.4, 0.5) is 16.2 Å². The van der Waals surface area contributed by atoms with Gasteiger partial charge in [0.2, 0.25) is 6.79 Å². The highest BCUT2D eigenvalue weighted by Crippen LogP contribution is 2.37. The number of hydrogen-bond donors (Lipinski definition) is 1. The van der Waals surface area contributed by atoms with Gasteiger partial charge in [-0.25, -0.2) is 9.69 Å². The zero-order valence-corrected chi connectivity index (χ0v) is 17.7. The second kappa shape index (κ2) is 8.05. The van der Waals surface area contributed by atoms with E-state index in [0.717, 1.165) is 4.90 Å². The molecule has 0 radical (unpaired) electrons. The molecule has 0 bridgehead atoms. The van der Waals surface area contributed by atoms with Gasteiger partial charge in [-0.15, -0.1) is 0 Å². The Morgan fingerprint density at radius 2 is 1.82 bits per heavy atom. The summed E-state index contributed by atoms with van der Waals surface area (Å²) in [5.74, 6) is -0.685. The standard InChI is InChI=1S/C22H12ClN3O8/c23-16-4-1-12(26(30)31)7-14(16)17-6-3-13(34-17)9-15-20(27)24-22(29)25(21(15)28)11-2-5-18-19(8-11)33-10-32-18/h1-9H,10H2,(H,24,27,29)/b15-9-. The number of urea groups is 1. The molecule has 1 fully saturated rings. The highest BCUT2D eigenvalue weighted by molar-refractivity contribution is 6.39. The number of nitrogens with zero attached hydrogens (tertiary/aromatic N) is 2. The van der Waals surface area contributed by atoms with Crippen molar-refractivity contribution in [1.29, 1.82) is 0 Å². The normalized spacial score (nSPS) is 16.2. The van der Waals surface area contributed by atoms with Gasteiger partial charge in [-0.1, -0.05) is 11.6 Å². The second-order valence-electron chi connectivity index (χ2n) is 7.12. The third-order valence-corrected chi connectivity index (χ3v) is 5.39. The Kier molecular flexibility index (Phi) is 5.02. The van der Waals surface area contributed by atoms with Gasteiger partial charge in [0.15, 0.2) is 11.5 Å². The van der Waals surface area contributed by atoms with Crippen LogP contribution in [0.5, 0.6) is 11.5 Å². The number of nitro benzene ring substituents is 1. The molecule has 0 aliphatic carbocycles. The monoisotopic (exact) mass is 481 g/mol. The number of hydrogen-bond acceptors (Lipinski definition) is 8. The summed E-state index contributed by atoms with van der Waals surface area (Å²) in [5.41, 5.74) is -0.107. The minimum atomic E-state index is -0.922. The van der Waals surface area contributed by atoms with Gasteiger partial charge in [0.05, 0.1) is 15.6 Å². The molecule has 2 aromatic carbocycles. The number of nitrogens with one attached hydrogen (secondary N) is 1. The maximum Gasteiger partial charge on any atom is 0.335 e. The number of rotatable bonds is 4. The molecule has 4 amide bonds. The van der Waals surface area contributed by atoms with E-state index < -0.39 is 22.8 Å². The van der Waals surface area contributed by atoms with E-state index in [1.807, 2.05) is 0 Å². The zero-order chi connectivity index (χ0) is 24.0. The van der Waals surface area contributed by atoms with E-state index >= 15 is 0 Å². The number of ether oxygens (including phenoxy) is 2. The number of imide groups is 2. The SMILES string of the molecule is O=C1NC(=O)N(c2ccc3c(c2)OCO3)C(=O)/C1=C\c1ccc(-c2cc([N+](=O)[O-])ccc2Cl)o1. The summed E-state index contributed by atoms with van der Waals surface area (Å²) < 4.78 is 16.2. The van der Waals surface area contributed by atoms with E-state index in [1.54, 1.807) is 6.07 Å². The fraction of sp³-hybridized carbons (Fsp3) is 0.0455. The number of nitro groups is 1. The van der Waals surface area contributed by atoms with Crippen molar-refractivity contribution in [2.24, 2.45) is 0 Å². The Labute approximate surface area is 195 Å². The lowest BCUT2D eigenvalue weighted by atomic mass is 10.1. The Morgan fingerprint density at radius 3 is 2.62 bits per heavy atom. The van der Waals surface area contributed by atoms with Crippen molar-refractivity contribution in [3.05, 3.63) is 75.0 Å². The second-order valence-corrected chi connectivity index (χ2v) is 7.53. The van der Waals surface area contributed by atoms with Crippen LogP contribution in [-0.4, -0.2) is 29.6 Å². The van der Waals surface area contributed by atoms with Crippen LogP contribution < -0.4 is 19.7 Å². The van der Waals surface area contributed by atoms with Crippen molar-refractivity contribution in [3.63, 3.8) is 0 Å². The molecule has 0 spiro atoms. The first-order chi connectivity index (χ1) is 16.3. The molecule has 2 aliphatic heterocycles. The molecular formula is C22H12ClN3O8. The average Bonchev–Trinajstić information content (AvgIpc) is 3.46. The third kappa shape index (κ3) is 3.63. The number of benzene rings is 2. The van der Waals surface area contributed by atoms with Crippen molar-refractivity contribution in [1.82, 2.24) is 5.32 Å². The molecule has 3 heterocycles. The highest BCUT2D eigenvalue weighted by atomic mass is 35.5. The molecule has 1 N–H and O–H groups in total. The summed E-state index contributed by atoms with van der Waals surface area (Å²) in [4.78, 5) is 49.2. The number of furan rings is 1. The van der Waals surface area contributed by atoms with Gasteiger partial charge in [-0.3, -0.25) is 25.0 Å². The summed E-state index contributed by atoms with van der Waals surface area (Å²) in [7, 11) is 0. The predicted octanol–water partition coefficient (Wildman–Crippen LogP) is 3.90. The summed E-state index contributed by atoms with van der Waals surface area (Å²) in [6.45, 7) is 0.0119. The van der Waals surface area contributed by atoms with Crippen molar-refractivity contribution in [3.8, 4) is 22.8 Å². The summed E-state index contributed by atoms with van der Waals surface area (Å²) in [5, 5.41) is 13.4. The third-order valence-electron chi connectivity index (χ3n) is 5.06. The molecule has 2 aliphatic rings. The fourth-order valence-corrected chi connectivity index (χ4v) is 3.66. The Bertz CT molecular complexity index is 1430. The number of amides is 4. The van der Waals surface area contributed by atoms with Gasteiger partial charge in [0.1, 0.15) is 17.1 Å². The number of non-ortho nitro benzene ring substituents is 1. The number of halogens is 1. The lowest BCUT2D eigenvalue weighted by molar-refractivity contribution is -0.384. The fourth-order valence-electron chi connectivity index (χ4n) is 3.45. The smallest absolute Gasteiger partial charge is 0.335 e. The first-order valence-electron chi connectivity index (χ1n) is 9.67. The minimum absolute atomic E-state index is 0.0119. The number of carbonyl (C=O) groups is 3. The number of anilines is 1.